The molecule has 89 valence electrons. The minimum atomic E-state index is 0.570. The van der Waals surface area contributed by atoms with Crippen LogP contribution in [-0.2, 0) is 14.2 Å². The molecule has 0 aliphatic rings. The maximum atomic E-state index is 5.34. The maximum Gasteiger partial charge on any atom is 0.113 e. The quantitative estimate of drug-likeness (QED) is 0.601. The van der Waals surface area contributed by atoms with Crippen LogP contribution in [-0.4, -0.2) is 33.0 Å². The van der Waals surface area contributed by atoms with E-state index in [0.717, 1.165) is 12.2 Å². The monoisotopic (exact) mass is 223 g/mol. The van der Waals surface area contributed by atoms with E-state index in [2.05, 4.69) is 0 Å². The highest BCUT2D eigenvalue weighted by atomic mass is 16.5. The predicted molar refractivity (Wildman–Crippen MR) is 63.1 cm³/mol. The van der Waals surface area contributed by atoms with E-state index in [1.807, 2.05) is 37.3 Å². The first-order valence-electron chi connectivity index (χ1n) is 5.59. The van der Waals surface area contributed by atoms with Crippen LogP contribution < -0.4 is 0 Å². The lowest BCUT2D eigenvalue weighted by Crippen LogP contribution is -2.08. The van der Waals surface area contributed by atoms with E-state index < -0.39 is 0 Å². The largest absolute Gasteiger partial charge is 0.379 e. The van der Waals surface area contributed by atoms with Crippen molar-refractivity contribution in [3.8, 4) is 0 Å². The van der Waals surface area contributed by atoms with Gasteiger partial charge in [-0.15, -0.1) is 0 Å². The Kier molecular flexibility index (Phi) is 7.68. The van der Waals surface area contributed by atoms with Crippen molar-refractivity contribution in [2.75, 3.05) is 33.0 Å². The average Bonchev–Trinajstić information content (AvgIpc) is 2.34. The lowest BCUT2D eigenvalue weighted by molar-refractivity contribution is 0.0302. The van der Waals surface area contributed by atoms with E-state index in [0.29, 0.717) is 26.4 Å². The smallest absolute Gasteiger partial charge is 0.113 e. The van der Waals surface area contributed by atoms with E-state index in [4.69, 9.17) is 14.2 Å². The van der Waals surface area contributed by atoms with Gasteiger partial charge in [0.15, 0.2) is 0 Å². The molecule has 0 spiro atoms. The summed E-state index contributed by atoms with van der Waals surface area (Å²) in [6, 6.07) is 9.93. The summed E-state index contributed by atoms with van der Waals surface area (Å²) in [4.78, 5) is 0. The van der Waals surface area contributed by atoms with Crippen molar-refractivity contribution in [2.45, 2.75) is 6.92 Å². The molecule has 0 atom stereocenters. The van der Waals surface area contributed by atoms with Gasteiger partial charge in [0.25, 0.3) is 0 Å². The molecule has 0 aromatic heterocycles. The number of hydrogen-bond donors (Lipinski definition) is 0. The molecule has 1 aromatic carbocycles. The Morgan fingerprint density at radius 2 is 1.62 bits per heavy atom. The standard InChI is InChI=1S/C13H19O3/c1-2-14-8-9-15-10-11-16-12-13-6-4-3-5-7-13/h3-7,12H,2,8-11H2,1H3. The fourth-order valence-electron chi connectivity index (χ4n) is 1.16. The van der Waals surface area contributed by atoms with Crippen LogP contribution in [0.3, 0.4) is 0 Å². The minimum Gasteiger partial charge on any atom is -0.379 e. The van der Waals surface area contributed by atoms with Gasteiger partial charge < -0.3 is 14.2 Å². The molecular weight excluding hydrogens is 204 g/mol. The highest BCUT2D eigenvalue weighted by Gasteiger charge is 1.93. The zero-order chi connectivity index (χ0) is 11.5. The second kappa shape index (κ2) is 9.33. The summed E-state index contributed by atoms with van der Waals surface area (Å²) in [6.45, 7) is 6.89. The van der Waals surface area contributed by atoms with Crippen molar-refractivity contribution in [3.63, 3.8) is 0 Å². The molecule has 0 fully saturated rings. The van der Waals surface area contributed by atoms with E-state index in [9.17, 15) is 0 Å². The van der Waals surface area contributed by atoms with Gasteiger partial charge in [0.05, 0.1) is 26.4 Å². The molecular formula is C13H19O3. The summed E-state index contributed by atoms with van der Waals surface area (Å²) in [5, 5.41) is 0. The molecule has 0 heterocycles. The summed E-state index contributed by atoms with van der Waals surface area (Å²) in [6.07, 6.45) is 0. The van der Waals surface area contributed by atoms with E-state index in [1.165, 1.54) is 0 Å². The van der Waals surface area contributed by atoms with Crippen molar-refractivity contribution in [2.24, 2.45) is 0 Å². The molecule has 0 saturated heterocycles. The number of ether oxygens (including phenoxy) is 3. The molecule has 0 amide bonds. The Bertz CT molecular complexity index is 249. The Hall–Kier alpha value is -0.900. The van der Waals surface area contributed by atoms with Gasteiger partial charge in [0, 0.05) is 6.61 Å². The molecule has 0 saturated carbocycles. The third kappa shape index (κ3) is 6.56. The van der Waals surface area contributed by atoms with Crippen LogP contribution in [0.15, 0.2) is 30.3 Å². The van der Waals surface area contributed by atoms with E-state index in [1.54, 1.807) is 6.61 Å². The highest BCUT2D eigenvalue weighted by Crippen LogP contribution is 2.02. The maximum absolute atomic E-state index is 5.34. The van der Waals surface area contributed by atoms with Crippen molar-refractivity contribution >= 4 is 0 Å². The Morgan fingerprint density at radius 3 is 2.38 bits per heavy atom. The second-order valence-electron chi connectivity index (χ2n) is 3.21. The van der Waals surface area contributed by atoms with E-state index >= 15 is 0 Å². The number of rotatable bonds is 9. The molecule has 1 aromatic rings. The normalized spacial score (nSPS) is 10.6. The van der Waals surface area contributed by atoms with Gasteiger partial charge in [-0.2, -0.15) is 0 Å². The molecule has 16 heavy (non-hydrogen) atoms. The Labute approximate surface area is 97.3 Å². The predicted octanol–water partition coefficient (Wildman–Crippen LogP) is 2.27. The molecule has 0 bridgehead atoms. The highest BCUT2D eigenvalue weighted by molar-refractivity contribution is 5.19. The van der Waals surface area contributed by atoms with Crippen LogP contribution in [0.5, 0.6) is 0 Å². The van der Waals surface area contributed by atoms with Gasteiger partial charge in [-0.1, -0.05) is 30.3 Å². The molecule has 0 aliphatic heterocycles. The molecule has 1 radical (unpaired) electrons. The fraction of sp³-hybridized carbons (Fsp3) is 0.462. The number of benzene rings is 1. The van der Waals surface area contributed by atoms with Crippen LogP contribution in [0.2, 0.25) is 0 Å². The van der Waals surface area contributed by atoms with Crippen molar-refractivity contribution in [1.82, 2.24) is 0 Å². The topological polar surface area (TPSA) is 27.7 Å². The molecule has 3 heteroatoms. The van der Waals surface area contributed by atoms with Crippen LogP contribution in [0.4, 0.5) is 0 Å². The first-order valence-corrected chi connectivity index (χ1v) is 5.59. The first kappa shape index (κ1) is 13.2. The summed E-state index contributed by atoms with van der Waals surface area (Å²) in [7, 11) is 0. The van der Waals surface area contributed by atoms with Gasteiger partial charge in [0.1, 0.15) is 6.61 Å². The average molecular weight is 223 g/mol. The van der Waals surface area contributed by atoms with Gasteiger partial charge in [-0.05, 0) is 12.5 Å². The van der Waals surface area contributed by atoms with Gasteiger partial charge in [-0.25, -0.2) is 0 Å². The summed E-state index contributed by atoms with van der Waals surface area (Å²) >= 11 is 0. The first-order chi connectivity index (χ1) is 7.93. The van der Waals surface area contributed by atoms with Gasteiger partial charge in [-0.3, -0.25) is 0 Å². The Morgan fingerprint density at radius 1 is 0.938 bits per heavy atom. The van der Waals surface area contributed by atoms with Crippen LogP contribution in [0, 0.1) is 6.61 Å². The summed E-state index contributed by atoms with van der Waals surface area (Å²) in [5.74, 6) is 0. The zero-order valence-electron chi connectivity index (χ0n) is 9.72. The molecule has 0 unspecified atom stereocenters. The third-order valence-electron chi connectivity index (χ3n) is 1.94. The van der Waals surface area contributed by atoms with Crippen LogP contribution in [0.25, 0.3) is 0 Å². The SMILES string of the molecule is CCOCCOCCO[CH]c1ccccc1. The third-order valence-corrected chi connectivity index (χ3v) is 1.94. The second-order valence-corrected chi connectivity index (χ2v) is 3.21. The van der Waals surface area contributed by atoms with Gasteiger partial charge >= 0.3 is 0 Å². The van der Waals surface area contributed by atoms with Crippen LogP contribution in [0.1, 0.15) is 12.5 Å². The molecule has 3 nitrogen and oxygen atoms in total. The minimum absolute atomic E-state index is 0.570. The summed E-state index contributed by atoms with van der Waals surface area (Å²) in [5.41, 5.74) is 1.07. The van der Waals surface area contributed by atoms with Crippen molar-refractivity contribution in [3.05, 3.63) is 42.5 Å². The number of hydrogen-bond acceptors (Lipinski definition) is 3. The lowest BCUT2D eigenvalue weighted by atomic mass is 10.2. The van der Waals surface area contributed by atoms with Crippen molar-refractivity contribution < 1.29 is 14.2 Å². The zero-order valence-corrected chi connectivity index (χ0v) is 9.72. The lowest BCUT2D eigenvalue weighted by Gasteiger charge is -2.05. The Balaban J connectivity index is 1.89. The fourth-order valence-corrected chi connectivity index (χ4v) is 1.16. The van der Waals surface area contributed by atoms with Crippen molar-refractivity contribution in [1.29, 1.82) is 0 Å². The van der Waals surface area contributed by atoms with Crippen LogP contribution >= 0.6 is 0 Å². The van der Waals surface area contributed by atoms with E-state index in [-0.39, 0.29) is 0 Å². The summed E-state index contributed by atoms with van der Waals surface area (Å²) < 4.78 is 15.8. The molecule has 1 rings (SSSR count). The molecule has 0 aliphatic carbocycles. The molecule has 0 N–H and O–H groups in total. The van der Waals surface area contributed by atoms with Gasteiger partial charge in [0.2, 0.25) is 0 Å².